The fourth-order valence-electron chi connectivity index (χ4n) is 1.01. The van der Waals surface area contributed by atoms with E-state index in [4.69, 9.17) is 10.7 Å². The zero-order chi connectivity index (χ0) is 11.1. The van der Waals surface area contributed by atoms with Gasteiger partial charge in [-0.3, -0.25) is 4.57 Å². The molecular weight excluding hydrogens is 262 g/mol. The number of halogens is 1. The summed E-state index contributed by atoms with van der Waals surface area (Å²) in [6.07, 6.45) is 0. The van der Waals surface area contributed by atoms with E-state index >= 15 is 0 Å². The number of nitrogens with zero attached hydrogens (tertiary/aromatic N) is 5. The van der Waals surface area contributed by atoms with Crippen molar-refractivity contribution in [3.8, 4) is 11.5 Å². The maximum absolute atomic E-state index is 11.0. The lowest BCUT2D eigenvalue weighted by atomic mass is 10.5. The molecule has 0 saturated carbocycles. The van der Waals surface area contributed by atoms with Crippen LogP contribution in [0.5, 0.6) is 0 Å². The molecule has 15 heavy (non-hydrogen) atoms. The van der Waals surface area contributed by atoms with Gasteiger partial charge in [0.2, 0.25) is 0 Å². The Morgan fingerprint density at radius 1 is 1.40 bits per heavy atom. The van der Waals surface area contributed by atoms with Crippen LogP contribution in [0.4, 0.5) is 0 Å². The molecule has 0 radical (unpaired) electrons. The normalized spacial score (nSPS) is 11.9. The van der Waals surface area contributed by atoms with Gasteiger partial charge in [-0.15, -0.1) is 15.3 Å². The van der Waals surface area contributed by atoms with Crippen LogP contribution in [-0.4, -0.2) is 32.8 Å². The van der Waals surface area contributed by atoms with E-state index in [0.717, 1.165) is 11.5 Å². The average molecular weight is 266 g/mol. The molecule has 0 atom stereocenters. The van der Waals surface area contributed by atoms with Crippen molar-refractivity contribution < 1.29 is 8.42 Å². The zero-order valence-corrected chi connectivity index (χ0v) is 9.71. The Balaban J connectivity index is 2.60. The van der Waals surface area contributed by atoms with Gasteiger partial charge >= 0.3 is 0 Å². The van der Waals surface area contributed by atoms with Crippen LogP contribution in [0.15, 0.2) is 10.5 Å². The van der Waals surface area contributed by atoms with Gasteiger partial charge in [0.05, 0.1) is 0 Å². The van der Waals surface area contributed by atoms with Crippen LogP contribution in [0.2, 0.25) is 0 Å². The summed E-state index contributed by atoms with van der Waals surface area (Å²) < 4.78 is 27.0. The van der Waals surface area contributed by atoms with E-state index in [1.807, 2.05) is 0 Å². The second kappa shape index (κ2) is 3.51. The molecule has 0 amide bonds. The highest BCUT2D eigenvalue weighted by molar-refractivity contribution is 8.13. The number of hydrogen-bond donors (Lipinski definition) is 0. The molecule has 0 N–H and O–H groups in total. The Morgan fingerprint density at radius 2 is 2.13 bits per heavy atom. The highest BCUT2D eigenvalue weighted by Gasteiger charge is 2.21. The molecule has 0 bridgehead atoms. The van der Waals surface area contributed by atoms with E-state index in [0.29, 0.717) is 11.5 Å². The largest absolute Gasteiger partial charge is 0.299 e. The molecule has 0 saturated heterocycles. The number of rotatable bonds is 2. The van der Waals surface area contributed by atoms with Gasteiger partial charge in [-0.25, -0.2) is 8.42 Å². The maximum Gasteiger partial charge on any atom is 0.296 e. The Morgan fingerprint density at radius 3 is 2.60 bits per heavy atom. The molecule has 0 fully saturated rings. The van der Waals surface area contributed by atoms with E-state index in [9.17, 15) is 8.42 Å². The van der Waals surface area contributed by atoms with E-state index in [2.05, 4.69) is 19.8 Å². The summed E-state index contributed by atoms with van der Waals surface area (Å²) in [6, 6.07) is 0. The SMILES string of the molecule is Cn1c(-c2csnn2)nnc1S(=O)(=O)Cl. The maximum atomic E-state index is 11.0. The quantitative estimate of drug-likeness (QED) is 0.724. The van der Waals surface area contributed by atoms with Gasteiger partial charge in [-0.1, -0.05) is 4.49 Å². The first-order chi connectivity index (χ1) is 7.00. The van der Waals surface area contributed by atoms with Gasteiger partial charge in [0.15, 0.2) is 5.82 Å². The first-order valence-corrected chi connectivity index (χ1v) is 6.76. The molecule has 0 aliphatic rings. The van der Waals surface area contributed by atoms with E-state index in [-0.39, 0.29) is 5.16 Å². The molecule has 80 valence electrons. The van der Waals surface area contributed by atoms with E-state index < -0.39 is 9.05 Å². The van der Waals surface area contributed by atoms with Crippen LogP contribution in [0.1, 0.15) is 0 Å². The van der Waals surface area contributed by atoms with Crippen LogP contribution in [0, 0.1) is 0 Å². The van der Waals surface area contributed by atoms with Crippen LogP contribution in [0.25, 0.3) is 11.5 Å². The zero-order valence-electron chi connectivity index (χ0n) is 7.32. The standard InChI is InChI=1S/C5H4ClN5O2S2/c1-11-4(3-2-14-10-7-3)8-9-5(11)15(6,12)13/h2H,1H3. The van der Waals surface area contributed by atoms with Crippen molar-refractivity contribution in [3.63, 3.8) is 0 Å². The van der Waals surface area contributed by atoms with Crippen LogP contribution >= 0.6 is 22.2 Å². The molecule has 7 nitrogen and oxygen atoms in total. The first-order valence-electron chi connectivity index (χ1n) is 3.61. The smallest absolute Gasteiger partial charge is 0.296 e. The van der Waals surface area contributed by atoms with E-state index in [1.165, 1.54) is 11.6 Å². The van der Waals surface area contributed by atoms with Gasteiger partial charge in [0, 0.05) is 23.1 Å². The molecule has 2 heterocycles. The molecular formula is C5H4ClN5O2S2. The van der Waals surface area contributed by atoms with Gasteiger partial charge in [0.1, 0.15) is 5.69 Å². The lowest BCUT2D eigenvalue weighted by Gasteiger charge is -1.97. The average Bonchev–Trinajstić information content (AvgIpc) is 2.69. The minimum absolute atomic E-state index is 0.308. The van der Waals surface area contributed by atoms with Crippen molar-refractivity contribution in [2.45, 2.75) is 5.16 Å². The summed E-state index contributed by atoms with van der Waals surface area (Å²) in [5.74, 6) is 0.308. The molecule has 0 spiro atoms. The van der Waals surface area contributed by atoms with Crippen molar-refractivity contribution in [2.24, 2.45) is 7.05 Å². The third-order valence-electron chi connectivity index (χ3n) is 1.64. The summed E-state index contributed by atoms with van der Waals surface area (Å²) in [4.78, 5) is 0. The predicted molar refractivity (Wildman–Crippen MR) is 52.9 cm³/mol. The highest BCUT2D eigenvalue weighted by Crippen LogP contribution is 2.19. The second-order valence-corrected chi connectivity index (χ2v) is 5.66. The van der Waals surface area contributed by atoms with Crippen molar-refractivity contribution in [2.75, 3.05) is 0 Å². The summed E-state index contributed by atoms with van der Waals surface area (Å²) in [7, 11) is 2.76. The predicted octanol–water partition coefficient (Wildman–Crippen LogP) is 0.261. The molecule has 0 aliphatic heterocycles. The Kier molecular flexibility index (Phi) is 2.44. The fraction of sp³-hybridized carbons (Fsp3) is 0.200. The minimum atomic E-state index is -3.89. The lowest BCUT2D eigenvalue weighted by molar-refractivity contribution is 0.593. The molecule has 0 aromatic carbocycles. The molecule has 2 aromatic rings. The monoisotopic (exact) mass is 265 g/mol. The third-order valence-corrected chi connectivity index (χ3v) is 3.35. The summed E-state index contributed by atoms with van der Waals surface area (Å²) >= 11 is 1.14. The minimum Gasteiger partial charge on any atom is -0.299 e. The van der Waals surface area contributed by atoms with Crippen LogP contribution in [0.3, 0.4) is 0 Å². The number of aromatic nitrogens is 5. The van der Waals surface area contributed by atoms with Crippen molar-refractivity contribution in [1.82, 2.24) is 24.4 Å². The molecule has 0 aliphatic carbocycles. The number of hydrogen-bond acceptors (Lipinski definition) is 7. The topological polar surface area (TPSA) is 90.6 Å². The van der Waals surface area contributed by atoms with Crippen LogP contribution < -0.4 is 0 Å². The Hall–Kier alpha value is -1.06. The molecule has 2 rings (SSSR count). The summed E-state index contributed by atoms with van der Waals surface area (Å²) in [5, 5.41) is 12.2. The van der Waals surface area contributed by atoms with Crippen molar-refractivity contribution in [3.05, 3.63) is 5.38 Å². The van der Waals surface area contributed by atoms with Gasteiger partial charge in [-0.2, -0.15) is 0 Å². The summed E-state index contributed by atoms with van der Waals surface area (Å²) in [6.45, 7) is 0. The molecule has 2 aromatic heterocycles. The van der Waals surface area contributed by atoms with Crippen molar-refractivity contribution >= 4 is 31.3 Å². The van der Waals surface area contributed by atoms with Gasteiger partial charge in [-0.05, 0) is 11.5 Å². The second-order valence-electron chi connectivity index (χ2n) is 2.59. The van der Waals surface area contributed by atoms with Crippen molar-refractivity contribution in [1.29, 1.82) is 0 Å². The molecule has 0 unspecified atom stereocenters. The summed E-state index contributed by atoms with van der Waals surface area (Å²) in [5.41, 5.74) is 0.460. The third kappa shape index (κ3) is 1.85. The van der Waals surface area contributed by atoms with Gasteiger partial charge < -0.3 is 0 Å². The van der Waals surface area contributed by atoms with E-state index in [1.54, 1.807) is 5.38 Å². The fourth-order valence-corrected chi connectivity index (χ4v) is 2.40. The Bertz CT molecular complexity index is 575. The lowest BCUT2D eigenvalue weighted by Crippen LogP contribution is -2.02. The Labute approximate surface area is 93.3 Å². The van der Waals surface area contributed by atoms with Gasteiger partial charge in [0.25, 0.3) is 14.2 Å². The highest BCUT2D eigenvalue weighted by atomic mass is 35.7. The first kappa shape index (κ1) is 10.5. The molecule has 10 heteroatoms. The van der Waals surface area contributed by atoms with Crippen LogP contribution in [-0.2, 0) is 16.1 Å².